The molecule has 0 atom stereocenters. The molecule has 1 heteroatoms. The molecule has 0 unspecified atom stereocenters. The van der Waals surface area contributed by atoms with E-state index in [1.807, 2.05) is 0 Å². The topological polar surface area (TPSA) is 14.1 Å². The quantitative estimate of drug-likeness (QED) is 0.621. The molecule has 0 aromatic rings. The van der Waals surface area contributed by atoms with Crippen molar-refractivity contribution in [1.29, 1.82) is 0 Å². The summed E-state index contributed by atoms with van der Waals surface area (Å²) in [5.74, 6) is 0.779. The second kappa shape index (κ2) is 5.29. The molecular weight excluding hydrogens is 206 g/mol. The summed E-state index contributed by atoms with van der Waals surface area (Å²) < 4.78 is 0. The largest absolute Gasteiger partial charge is 0.257 e. The van der Waals surface area contributed by atoms with E-state index in [0.717, 1.165) is 5.92 Å². The van der Waals surface area contributed by atoms with Crippen LogP contribution >= 0.6 is 0 Å². The average molecular weight is 230 g/mol. The van der Waals surface area contributed by atoms with Gasteiger partial charge < -0.3 is 0 Å². The normalized spacial score (nSPS) is 26.9. The second-order valence-corrected chi connectivity index (χ2v) is 5.90. The van der Waals surface area contributed by atoms with Crippen LogP contribution in [0.25, 0.3) is 0 Å². The smallest absolute Gasteiger partial charge is 0.0441 e. The zero-order valence-corrected chi connectivity index (χ0v) is 10.9. The van der Waals surface area contributed by atoms with Crippen molar-refractivity contribution in [1.82, 2.24) is 5.32 Å². The molecule has 0 N–H and O–H groups in total. The van der Waals surface area contributed by atoms with Gasteiger partial charge in [0.25, 0.3) is 0 Å². The van der Waals surface area contributed by atoms with Crippen LogP contribution in [0.3, 0.4) is 0 Å². The maximum Gasteiger partial charge on any atom is 0.0441 e. The van der Waals surface area contributed by atoms with Crippen molar-refractivity contribution in [2.75, 3.05) is 0 Å². The summed E-state index contributed by atoms with van der Waals surface area (Å²) >= 11 is 0. The molecular formula is C16H24N. The third kappa shape index (κ3) is 2.59. The van der Waals surface area contributed by atoms with Crippen LogP contribution in [0.2, 0.25) is 0 Å². The molecule has 93 valence electrons. The number of hydrogen-bond acceptors (Lipinski definition) is 0. The Morgan fingerprint density at radius 3 is 2.29 bits per heavy atom. The number of allylic oxidation sites excluding steroid dienone is 4. The first-order chi connectivity index (χ1) is 8.43. The van der Waals surface area contributed by atoms with E-state index in [9.17, 15) is 0 Å². The molecule has 0 amide bonds. The highest BCUT2D eigenvalue weighted by Crippen LogP contribution is 2.36. The monoisotopic (exact) mass is 230 g/mol. The van der Waals surface area contributed by atoms with Gasteiger partial charge in [-0.15, -0.1) is 0 Å². The first-order valence-corrected chi connectivity index (χ1v) is 7.59. The van der Waals surface area contributed by atoms with Crippen molar-refractivity contribution in [2.45, 2.75) is 70.6 Å². The van der Waals surface area contributed by atoms with E-state index in [2.05, 4.69) is 6.08 Å². The van der Waals surface area contributed by atoms with E-state index >= 15 is 0 Å². The Morgan fingerprint density at radius 2 is 1.53 bits per heavy atom. The van der Waals surface area contributed by atoms with Gasteiger partial charge in [-0.05, 0) is 50.2 Å². The molecule has 0 saturated heterocycles. The molecule has 0 bridgehead atoms. The van der Waals surface area contributed by atoms with Crippen molar-refractivity contribution in [3.63, 3.8) is 0 Å². The molecule has 1 fully saturated rings. The Kier molecular flexibility index (Phi) is 3.54. The standard InChI is InChI=1S/C16H24N/c1-2-4-8-13(9-5-3-1)16-12-14-10-6-7-11-15(14)17-16/h12-13H,1-11H2. The van der Waals surface area contributed by atoms with E-state index in [-0.39, 0.29) is 0 Å². The lowest BCUT2D eigenvalue weighted by Crippen LogP contribution is -2.13. The van der Waals surface area contributed by atoms with Gasteiger partial charge in [0.05, 0.1) is 0 Å². The summed E-state index contributed by atoms with van der Waals surface area (Å²) in [4.78, 5) is 0. The average Bonchev–Trinajstić information content (AvgIpc) is 2.71. The fraction of sp³-hybridized carbons (Fsp3) is 0.750. The third-order valence-electron chi connectivity index (χ3n) is 4.59. The van der Waals surface area contributed by atoms with E-state index in [1.54, 1.807) is 5.57 Å². The maximum absolute atomic E-state index is 4.95. The van der Waals surface area contributed by atoms with Gasteiger partial charge in [-0.3, -0.25) is 5.32 Å². The van der Waals surface area contributed by atoms with Gasteiger partial charge in [0.1, 0.15) is 0 Å². The summed E-state index contributed by atoms with van der Waals surface area (Å²) in [5, 5.41) is 4.95. The van der Waals surface area contributed by atoms with Crippen molar-refractivity contribution in [3.05, 3.63) is 23.0 Å². The van der Waals surface area contributed by atoms with Crippen LogP contribution in [-0.2, 0) is 0 Å². The molecule has 0 aromatic carbocycles. The predicted octanol–water partition coefficient (Wildman–Crippen LogP) is 4.68. The SMILES string of the molecule is C1=C(C2CCCCCCC2)[N]C2=C1CCCC2. The zero-order chi connectivity index (χ0) is 11.5. The van der Waals surface area contributed by atoms with Gasteiger partial charge in [0.15, 0.2) is 0 Å². The van der Waals surface area contributed by atoms with Crippen LogP contribution < -0.4 is 5.32 Å². The van der Waals surface area contributed by atoms with Crippen LogP contribution in [0.4, 0.5) is 0 Å². The predicted molar refractivity (Wildman–Crippen MR) is 71.5 cm³/mol. The minimum atomic E-state index is 0.779. The van der Waals surface area contributed by atoms with E-state index in [1.165, 1.54) is 82.0 Å². The Labute approximate surface area is 105 Å². The Hall–Kier alpha value is -0.720. The molecule has 1 heterocycles. The van der Waals surface area contributed by atoms with E-state index in [0.29, 0.717) is 0 Å². The Balaban J connectivity index is 1.65. The summed E-state index contributed by atoms with van der Waals surface area (Å²) in [5.41, 5.74) is 4.46. The summed E-state index contributed by atoms with van der Waals surface area (Å²) in [6.45, 7) is 0. The van der Waals surface area contributed by atoms with Gasteiger partial charge >= 0.3 is 0 Å². The van der Waals surface area contributed by atoms with Crippen LogP contribution in [0.15, 0.2) is 23.0 Å². The van der Waals surface area contributed by atoms with Crippen LogP contribution in [0, 0.1) is 5.92 Å². The second-order valence-electron chi connectivity index (χ2n) is 5.90. The summed E-state index contributed by atoms with van der Waals surface area (Å²) in [6, 6.07) is 0. The fourth-order valence-electron chi connectivity index (χ4n) is 3.52. The molecule has 2 aliphatic carbocycles. The highest BCUT2D eigenvalue weighted by Gasteiger charge is 2.25. The van der Waals surface area contributed by atoms with Gasteiger partial charge in [-0.25, -0.2) is 0 Å². The van der Waals surface area contributed by atoms with Crippen molar-refractivity contribution in [2.24, 2.45) is 5.92 Å². The molecule has 0 spiro atoms. The molecule has 3 rings (SSSR count). The fourth-order valence-corrected chi connectivity index (χ4v) is 3.52. The molecule has 1 saturated carbocycles. The number of nitrogens with zero attached hydrogens (tertiary/aromatic N) is 1. The van der Waals surface area contributed by atoms with E-state index < -0.39 is 0 Å². The van der Waals surface area contributed by atoms with Gasteiger partial charge in [0, 0.05) is 17.3 Å². The van der Waals surface area contributed by atoms with E-state index in [4.69, 9.17) is 5.32 Å². The first kappa shape index (κ1) is 11.4. The van der Waals surface area contributed by atoms with Crippen molar-refractivity contribution >= 4 is 0 Å². The van der Waals surface area contributed by atoms with Crippen molar-refractivity contribution < 1.29 is 0 Å². The lowest BCUT2D eigenvalue weighted by atomic mass is 9.88. The number of rotatable bonds is 1. The third-order valence-corrected chi connectivity index (χ3v) is 4.59. The van der Waals surface area contributed by atoms with Gasteiger partial charge in [-0.2, -0.15) is 0 Å². The van der Waals surface area contributed by atoms with Gasteiger partial charge in [-0.1, -0.05) is 32.1 Å². The Morgan fingerprint density at radius 1 is 0.824 bits per heavy atom. The molecule has 1 nitrogen and oxygen atoms in total. The molecule has 0 aromatic heterocycles. The highest BCUT2D eigenvalue weighted by atomic mass is 14.9. The number of hydrogen-bond donors (Lipinski definition) is 0. The zero-order valence-electron chi connectivity index (χ0n) is 10.9. The maximum atomic E-state index is 4.95. The highest BCUT2D eigenvalue weighted by molar-refractivity contribution is 5.38. The van der Waals surface area contributed by atoms with Crippen LogP contribution in [0.5, 0.6) is 0 Å². The lowest BCUT2D eigenvalue weighted by molar-refractivity contribution is 0.408. The van der Waals surface area contributed by atoms with Crippen LogP contribution in [-0.4, -0.2) is 0 Å². The van der Waals surface area contributed by atoms with Gasteiger partial charge in [0.2, 0.25) is 0 Å². The molecule has 3 aliphatic rings. The van der Waals surface area contributed by atoms with Crippen molar-refractivity contribution in [3.8, 4) is 0 Å². The summed E-state index contributed by atoms with van der Waals surface area (Å²) in [6.07, 6.45) is 17.6. The summed E-state index contributed by atoms with van der Waals surface area (Å²) in [7, 11) is 0. The Bertz CT molecular complexity index is 329. The molecule has 1 radical (unpaired) electrons. The molecule has 1 aliphatic heterocycles. The minimum absolute atomic E-state index is 0.779. The molecule has 17 heavy (non-hydrogen) atoms. The first-order valence-electron chi connectivity index (χ1n) is 7.59. The lowest BCUT2D eigenvalue weighted by Gasteiger charge is -2.21. The van der Waals surface area contributed by atoms with Crippen LogP contribution in [0.1, 0.15) is 70.6 Å². The minimum Gasteiger partial charge on any atom is -0.257 e.